The van der Waals surface area contributed by atoms with Gasteiger partial charge in [0.25, 0.3) is 5.56 Å². The number of nitrogens with one attached hydrogen (secondary N) is 1. The molecule has 8 heteroatoms. The van der Waals surface area contributed by atoms with E-state index in [0.717, 1.165) is 0 Å². The van der Waals surface area contributed by atoms with Crippen LogP contribution in [0.3, 0.4) is 0 Å². The van der Waals surface area contributed by atoms with Gasteiger partial charge < -0.3 is 15.7 Å². The highest BCUT2D eigenvalue weighted by molar-refractivity contribution is 5.78. The number of nitrogens with zero attached hydrogens (tertiary/aromatic N) is 2. The summed E-state index contributed by atoms with van der Waals surface area (Å²) in [5.74, 6) is -1.60. The highest BCUT2D eigenvalue weighted by Crippen LogP contribution is 2.17. The number of hydrogen-bond acceptors (Lipinski definition) is 5. The molecule has 1 aromatic heterocycles. The third kappa shape index (κ3) is 4.39. The standard InChI is InChI=1S/C14H20N4O4/c15-10-2-1-9(14(21)22)7-18(8-10)13(20)6-4-11-3-5-12(19)17-16-11/h3,5,9-10H,1-2,4,6-8,15H2,(H,17,19)(H,21,22)/t9-,10+/m0/s1. The van der Waals surface area contributed by atoms with E-state index in [2.05, 4.69) is 10.2 Å². The lowest BCUT2D eigenvalue weighted by Gasteiger charge is -2.24. The Labute approximate surface area is 127 Å². The molecule has 0 aliphatic carbocycles. The third-order valence-electron chi connectivity index (χ3n) is 3.82. The number of carbonyl (C=O) groups excluding carboxylic acids is 1. The Kier molecular flexibility index (Phi) is 5.26. The lowest BCUT2D eigenvalue weighted by Crippen LogP contribution is -2.41. The Morgan fingerprint density at radius 2 is 2.14 bits per heavy atom. The van der Waals surface area contributed by atoms with Crippen molar-refractivity contribution < 1.29 is 14.7 Å². The SMILES string of the molecule is N[C@@H]1CC[C@H](C(=O)O)CN(C(=O)CCc2ccc(=O)[nH]n2)C1. The summed E-state index contributed by atoms with van der Waals surface area (Å²) in [4.78, 5) is 35.9. The maximum atomic E-state index is 12.3. The molecule has 1 fully saturated rings. The molecule has 120 valence electrons. The number of likely N-dealkylation sites (tertiary alicyclic amines) is 1. The number of hydrogen-bond donors (Lipinski definition) is 3. The van der Waals surface area contributed by atoms with Crippen molar-refractivity contribution in [2.75, 3.05) is 13.1 Å². The van der Waals surface area contributed by atoms with Crippen molar-refractivity contribution in [2.45, 2.75) is 31.7 Å². The van der Waals surface area contributed by atoms with Crippen LogP contribution in [-0.2, 0) is 16.0 Å². The summed E-state index contributed by atoms with van der Waals surface area (Å²) in [6, 6.07) is 2.73. The van der Waals surface area contributed by atoms with Gasteiger partial charge >= 0.3 is 5.97 Å². The molecule has 0 radical (unpaired) electrons. The predicted octanol–water partition coefficient (Wildman–Crippen LogP) is -0.647. The molecular formula is C14H20N4O4. The molecule has 1 amide bonds. The van der Waals surface area contributed by atoms with Gasteiger partial charge in [0.2, 0.25) is 5.91 Å². The maximum absolute atomic E-state index is 12.3. The molecule has 2 heterocycles. The van der Waals surface area contributed by atoms with Crippen LogP contribution >= 0.6 is 0 Å². The average molecular weight is 308 g/mol. The number of H-pyrrole nitrogens is 1. The molecule has 2 atom stereocenters. The first-order chi connectivity index (χ1) is 10.5. The van der Waals surface area contributed by atoms with E-state index in [9.17, 15) is 14.4 Å². The zero-order valence-corrected chi connectivity index (χ0v) is 12.2. The van der Waals surface area contributed by atoms with E-state index in [1.54, 1.807) is 6.07 Å². The fourth-order valence-corrected chi connectivity index (χ4v) is 2.53. The summed E-state index contributed by atoms with van der Waals surface area (Å²) in [5, 5.41) is 15.3. The molecule has 1 aromatic rings. The average Bonchev–Trinajstić information content (AvgIpc) is 2.68. The summed E-state index contributed by atoms with van der Waals surface area (Å²) in [6.45, 7) is 0.572. The largest absolute Gasteiger partial charge is 0.481 e. The fraction of sp³-hybridized carbons (Fsp3) is 0.571. The Bertz CT molecular complexity index is 580. The predicted molar refractivity (Wildman–Crippen MR) is 78.1 cm³/mol. The number of aliphatic carboxylic acids is 1. The zero-order valence-electron chi connectivity index (χ0n) is 12.2. The van der Waals surface area contributed by atoms with Crippen LogP contribution in [0.4, 0.5) is 0 Å². The second-order valence-corrected chi connectivity index (χ2v) is 5.58. The van der Waals surface area contributed by atoms with Crippen LogP contribution in [0.1, 0.15) is 25.0 Å². The van der Waals surface area contributed by atoms with Crippen molar-refractivity contribution in [3.8, 4) is 0 Å². The third-order valence-corrected chi connectivity index (χ3v) is 3.82. The van der Waals surface area contributed by atoms with Crippen molar-refractivity contribution in [3.05, 3.63) is 28.2 Å². The molecule has 2 rings (SSSR count). The van der Waals surface area contributed by atoms with Crippen molar-refractivity contribution in [1.29, 1.82) is 0 Å². The highest BCUT2D eigenvalue weighted by atomic mass is 16.4. The van der Waals surface area contributed by atoms with Gasteiger partial charge in [-0.1, -0.05) is 0 Å². The zero-order chi connectivity index (χ0) is 16.1. The van der Waals surface area contributed by atoms with Crippen molar-refractivity contribution in [3.63, 3.8) is 0 Å². The number of aromatic amines is 1. The highest BCUT2D eigenvalue weighted by Gasteiger charge is 2.29. The lowest BCUT2D eigenvalue weighted by molar-refractivity contribution is -0.143. The summed E-state index contributed by atoms with van der Waals surface area (Å²) in [7, 11) is 0. The molecular weight excluding hydrogens is 288 g/mol. The Balaban J connectivity index is 1.95. The van der Waals surface area contributed by atoms with Gasteiger partial charge in [0, 0.05) is 38.0 Å². The van der Waals surface area contributed by atoms with Gasteiger partial charge in [-0.3, -0.25) is 14.4 Å². The van der Waals surface area contributed by atoms with E-state index in [1.807, 2.05) is 0 Å². The smallest absolute Gasteiger partial charge is 0.308 e. The number of nitrogens with two attached hydrogens (primary N) is 1. The van der Waals surface area contributed by atoms with E-state index < -0.39 is 11.9 Å². The second-order valence-electron chi connectivity index (χ2n) is 5.58. The number of carboxylic acids is 1. The van der Waals surface area contributed by atoms with Crippen LogP contribution in [0.25, 0.3) is 0 Å². The van der Waals surface area contributed by atoms with Crippen molar-refractivity contribution >= 4 is 11.9 Å². The molecule has 8 nitrogen and oxygen atoms in total. The summed E-state index contributed by atoms with van der Waals surface area (Å²) >= 11 is 0. The van der Waals surface area contributed by atoms with E-state index in [1.165, 1.54) is 11.0 Å². The number of aryl methyl sites for hydroxylation is 1. The molecule has 0 aromatic carbocycles. The summed E-state index contributed by atoms with van der Waals surface area (Å²) < 4.78 is 0. The molecule has 1 aliphatic rings. The number of rotatable bonds is 4. The van der Waals surface area contributed by atoms with Gasteiger partial charge in [-0.15, -0.1) is 0 Å². The quantitative estimate of drug-likeness (QED) is 0.678. The van der Waals surface area contributed by atoms with Crippen LogP contribution in [0.15, 0.2) is 16.9 Å². The van der Waals surface area contributed by atoms with Crippen LogP contribution in [0.2, 0.25) is 0 Å². The molecule has 4 N–H and O–H groups in total. The molecule has 22 heavy (non-hydrogen) atoms. The normalized spacial score (nSPS) is 22.1. The van der Waals surface area contributed by atoms with Gasteiger partial charge in [-0.05, 0) is 18.9 Å². The molecule has 1 saturated heterocycles. The second kappa shape index (κ2) is 7.17. The van der Waals surface area contributed by atoms with E-state index in [-0.39, 0.29) is 30.5 Å². The Hall–Kier alpha value is -2.22. The minimum atomic E-state index is -0.894. The van der Waals surface area contributed by atoms with Crippen LogP contribution in [0.5, 0.6) is 0 Å². The first kappa shape index (κ1) is 16.2. The first-order valence-electron chi connectivity index (χ1n) is 7.26. The van der Waals surface area contributed by atoms with E-state index >= 15 is 0 Å². The molecule has 1 aliphatic heterocycles. The van der Waals surface area contributed by atoms with E-state index in [4.69, 9.17) is 10.8 Å². The summed E-state index contributed by atoms with van der Waals surface area (Å²) in [5.41, 5.74) is 6.23. The molecule has 0 bridgehead atoms. The Morgan fingerprint density at radius 1 is 1.36 bits per heavy atom. The molecule has 0 unspecified atom stereocenters. The van der Waals surface area contributed by atoms with Crippen LogP contribution in [-0.4, -0.2) is 51.2 Å². The van der Waals surface area contributed by atoms with E-state index in [0.29, 0.717) is 31.5 Å². The number of carboxylic acid groups (broad SMARTS) is 1. The lowest BCUT2D eigenvalue weighted by atomic mass is 10.0. The molecule has 0 saturated carbocycles. The van der Waals surface area contributed by atoms with Gasteiger partial charge in [0.1, 0.15) is 0 Å². The van der Waals surface area contributed by atoms with Crippen molar-refractivity contribution in [1.82, 2.24) is 15.1 Å². The fourth-order valence-electron chi connectivity index (χ4n) is 2.53. The first-order valence-corrected chi connectivity index (χ1v) is 7.26. The van der Waals surface area contributed by atoms with Crippen LogP contribution in [0, 0.1) is 5.92 Å². The molecule has 0 spiro atoms. The Morgan fingerprint density at radius 3 is 2.77 bits per heavy atom. The number of aromatic nitrogens is 2. The van der Waals surface area contributed by atoms with Gasteiger partial charge in [0.05, 0.1) is 11.6 Å². The van der Waals surface area contributed by atoms with Gasteiger partial charge in [0.15, 0.2) is 0 Å². The van der Waals surface area contributed by atoms with Gasteiger partial charge in [-0.2, -0.15) is 5.10 Å². The minimum Gasteiger partial charge on any atom is -0.481 e. The van der Waals surface area contributed by atoms with Crippen molar-refractivity contribution in [2.24, 2.45) is 11.7 Å². The number of carbonyl (C=O) groups is 2. The topological polar surface area (TPSA) is 129 Å². The number of amides is 1. The van der Waals surface area contributed by atoms with Crippen LogP contribution < -0.4 is 11.3 Å². The monoisotopic (exact) mass is 308 g/mol. The minimum absolute atomic E-state index is 0.142. The maximum Gasteiger partial charge on any atom is 0.308 e. The summed E-state index contributed by atoms with van der Waals surface area (Å²) in [6.07, 6.45) is 1.68. The van der Waals surface area contributed by atoms with Gasteiger partial charge in [-0.25, -0.2) is 5.10 Å².